The maximum atomic E-state index is 2.13. The van der Waals surface area contributed by atoms with Crippen LogP contribution in [0, 0.1) is 0 Å². The van der Waals surface area contributed by atoms with Crippen LogP contribution in [0.2, 0.25) is 0 Å². The van der Waals surface area contributed by atoms with Gasteiger partial charge in [0.25, 0.3) is 0 Å². The van der Waals surface area contributed by atoms with Gasteiger partial charge in [-0.05, 0) is 0 Å². The second-order valence-corrected chi connectivity index (χ2v) is 3.50. The zero-order valence-electron chi connectivity index (χ0n) is 3.02. The quantitative estimate of drug-likeness (QED) is 0.449. The van der Waals surface area contributed by atoms with Gasteiger partial charge in [0.2, 0.25) is 0 Å². The minimum absolute atomic E-state index is 1.23. The van der Waals surface area contributed by atoms with E-state index >= 15 is 0 Å². The van der Waals surface area contributed by atoms with E-state index in [0.717, 1.165) is 0 Å². The van der Waals surface area contributed by atoms with Crippen molar-refractivity contribution in [2.75, 3.05) is 14.1 Å². The first-order chi connectivity index (χ1) is 1.73. The molecule has 0 radical (unpaired) electrons. The van der Waals surface area contributed by atoms with Crippen molar-refractivity contribution in [3.8, 4) is 0 Å². The molecule has 0 aliphatic carbocycles. The van der Waals surface area contributed by atoms with Gasteiger partial charge in [-0.25, -0.2) is 0 Å². The summed E-state index contributed by atoms with van der Waals surface area (Å²) in [6.45, 7) is 0. The Morgan fingerprint density at radius 1 is 1.50 bits per heavy atom. The van der Waals surface area contributed by atoms with Crippen LogP contribution < -0.4 is 0 Å². The average Bonchev–Trinajstić information content (AvgIpc) is 0.811. The molecular weight excluding hydrogens is 127 g/mol. The molecule has 0 heterocycles. The summed E-state index contributed by atoms with van der Waals surface area (Å²) < 4.78 is 2.13. The van der Waals surface area contributed by atoms with E-state index in [1.807, 2.05) is 0 Å². The van der Waals surface area contributed by atoms with Crippen molar-refractivity contribution in [3.05, 3.63) is 0 Å². The normalized spacial score (nSPS) is 8.50. The summed E-state index contributed by atoms with van der Waals surface area (Å²) in [7, 11) is 4.12. The standard InChI is InChI=1S/C2H6N.Y/c1-3-2;/h1-2H3;/q-1;+1. The molecule has 1 nitrogen and oxygen atoms in total. The molecule has 0 N–H and O–H groups in total. The summed E-state index contributed by atoms with van der Waals surface area (Å²) in [6.07, 6.45) is 0. The Hall–Kier alpha value is 1.06. The van der Waals surface area contributed by atoms with Gasteiger partial charge in [0, 0.05) is 0 Å². The number of hydrogen-bond acceptors (Lipinski definition) is 1. The number of nitrogens with zero attached hydrogens (tertiary/aromatic N) is 1. The van der Waals surface area contributed by atoms with E-state index in [-0.39, 0.29) is 0 Å². The predicted octanol–water partition coefficient (Wildman–Crippen LogP) is 0.00980. The Kier molecular flexibility index (Phi) is 2.92. The fourth-order valence-corrected chi connectivity index (χ4v) is 0. The van der Waals surface area contributed by atoms with Crippen molar-refractivity contribution in [3.63, 3.8) is 0 Å². The predicted molar refractivity (Wildman–Crippen MR) is 13.7 cm³/mol. The van der Waals surface area contributed by atoms with Crippen molar-refractivity contribution >= 4 is 0 Å². The van der Waals surface area contributed by atoms with Gasteiger partial charge in [-0.2, -0.15) is 0 Å². The van der Waals surface area contributed by atoms with E-state index < -0.39 is 0 Å². The van der Waals surface area contributed by atoms with Crippen molar-refractivity contribution in [1.82, 2.24) is 2.03 Å². The third kappa shape index (κ3) is 11.5. The summed E-state index contributed by atoms with van der Waals surface area (Å²) in [5, 5.41) is 0. The van der Waals surface area contributed by atoms with Gasteiger partial charge in [-0.3, -0.25) is 0 Å². The molecule has 0 aromatic heterocycles. The van der Waals surface area contributed by atoms with Gasteiger partial charge < -0.3 is 0 Å². The summed E-state index contributed by atoms with van der Waals surface area (Å²) in [5.74, 6) is 0. The van der Waals surface area contributed by atoms with E-state index in [2.05, 4.69) is 16.1 Å². The van der Waals surface area contributed by atoms with Gasteiger partial charge in [-0.1, -0.05) is 0 Å². The Bertz CT molecular complexity index is 10.8. The number of hydrogen-bond donors (Lipinski definition) is 0. The van der Waals surface area contributed by atoms with Crippen LogP contribution in [0.1, 0.15) is 0 Å². The summed E-state index contributed by atoms with van der Waals surface area (Å²) in [4.78, 5) is 0. The third-order valence-corrected chi connectivity index (χ3v) is 0. The van der Waals surface area contributed by atoms with Gasteiger partial charge >= 0.3 is 47.4 Å². The van der Waals surface area contributed by atoms with E-state index in [1.165, 1.54) is 31.3 Å². The maximum absolute atomic E-state index is 2.13. The average molecular weight is 133 g/mol. The molecular formula is C2H6NY. The molecule has 0 atom stereocenters. The van der Waals surface area contributed by atoms with Crippen LogP contribution in [-0.4, -0.2) is 16.1 Å². The first-order valence-corrected chi connectivity index (χ1v) is 2.42. The zero-order chi connectivity index (χ0) is 3.58. The molecule has 0 spiro atoms. The molecule has 0 saturated carbocycles. The van der Waals surface area contributed by atoms with Gasteiger partial charge in [0.05, 0.1) is 0 Å². The van der Waals surface area contributed by atoms with Crippen LogP contribution in [0.3, 0.4) is 0 Å². The Morgan fingerprint density at radius 2 is 1.50 bits per heavy atom. The first-order valence-electron chi connectivity index (χ1n) is 1.15. The molecule has 22 valence electrons. The van der Waals surface area contributed by atoms with Gasteiger partial charge in [0.15, 0.2) is 0 Å². The molecule has 2 heteroatoms. The Labute approximate surface area is 47.3 Å². The molecule has 0 fully saturated rings. The third-order valence-electron chi connectivity index (χ3n) is 0. The fourth-order valence-electron chi connectivity index (χ4n) is 0. The van der Waals surface area contributed by atoms with Crippen molar-refractivity contribution in [1.29, 1.82) is 0 Å². The second kappa shape index (κ2) is 2.31. The van der Waals surface area contributed by atoms with Crippen molar-refractivity contribution < 1.29 is 31.3 Å². The summed E-state index contributed by atoms with van der Waals surface area (Å²) in [6, 6.07) is 0. The van der Waals surface area contributed by atoms with Crippen molar-refractivity contribution in [2.45, 2.75) is 0 Å². The summed E-state index contributed by atoms with van der Waals surface area (Å²) >= 11 is 1.23. The van der Waals surface area contributed by atoms with Crippen LogP contribution in [0.4, 0.5) is 0 Å². The molecule has 0 aromatic carbocycles. The molecule has 0 aliphatic rings. The van der Waals surface area contributed by atoms with Gasteiger partial charge in [-0.15, -0.1) is 0 Å². The van der Waals surface area contributed by atoms with Crippen LogP contribution in [-0.2, 0) is 31.3 Å². The Balaban J connectivity index is 2.32. The Morgan fingerprint density at radius 3 is 1.50 bits per heavy atom. The molecule has 4 heavy (non-hydrogen) atoms. The minimum atomic E-state index is 1.23. The van der Waals surface area contributed by atoms with Crippen LogP contribution in [0.15, 0.2) is 0 Å². The van der Waals surface area contributed by atoms with E-state index in [4.69, 9.17) is 0 Å². The summed E-state index contributed by atoms with van der Waals surface area (Å²) in [5.41, 5.74) is 0. The van der Waals surface area contributed by atoms with E-state index in [9.17, 15) is 0 Å². The van der Waals surface area contributed by atoms with Crippen LogP contribution in [0.25, 0.3) is 0 Å². The molecule has 0 rings (SSSR count). The zero-order valence-corrected chi connectivity index (χ0v) is 5.86. The molecule has 0 aromatic rings. The first kappa shape index (κ1) is 5.06. The molecule has 0 aliphatic heterocycles. The molecule has 0 bridgehead atoms. The molecule has 0 saturated heterocycles. The molecule has 0 unspecified atom stereocenters. The topological polar surface area (TPSA) is 3.24 Å². The number of rotatable bonds is 0. The second-order valence-electron chi connectivity index (χ2n) is 0.964. The van der Waals surface area contributed by atoms with Gasteiger partial charge in [0.1, 0.15) is 0 Å². The van der Waals surface area contributed by atoms with Crippen LogP contribution in [0.5, 0.6) is 0 Å². The van der Waals surface area contributed by atoms with E-state index in [1.54, 1.807) is 0 Å². The monoisotopic (exact) mass is 133 g/mol. The molecule has 0 amide bonds. The van der Waals surface area contributed by atoms with Crippen molar-refractivity contribution in [2.24, 2.45) is 0 Å². The SMILES string of the molecule is C[N](C)[Y]. The fraction of sp³-hybridized carbons (Fsp3) is 1.00. The van der Waals surface area contributed by atoms with Crippen LogP contribution >= 0.6 is 0 Å². The van der Waals surface area contributed by atoms with E-state index in [0.29, 0.717) is 0 Å².